The zero-order valence-electron chi connectivity index (χ0n) is 17.0. The minimum Gasteiger partial charge on any atom is -0.491 e. The van der Waals surface area contributed by atoms with Crippen LogP contribution in [0.15, 0.2) is 24.3 Å². The first-order valence-electron chi connectivity index (χ1n) is 11.4. The van der Waals surface area contributed by atoms with E-state index in [1.54, 1.807) is 0 Å². The molecule has 5 fully saturated rings. The summed E-state index contributed by atoms with van der Waals surface area (Å²) in [6.07, 6.45) is 9.25. The van der Waals surface area contributed by atoms with Crippen molar-refractivity contribution in [1.82, 2.24) is 4.90 Å². The fourth-order valence-corrected chi connectivity index (χ4v) is 6.72. The van der Waals surface area contributed by atoms with Crippen LogP contribution in [-0.2, 0) is 4.74 Å². The first kappa shape index (κ1) is 18.5. The molecule has 5 aliphatic rings. The van der Waals surface area contributed by atoms with Crippen molar-refractivity contribution in [2.45, 2.75) is 64.0 Å². The largest absolute Gasteiger partial charge is 0.491 e. The van der Waals surface area contributed by atoms with Gasteiger partial charge in [0.05, 0.1) is 6.10 Å². The average molecular weight is 384 g/mol. The third-order valence-electron chi connectivity index (χ3n) is 7.70. The monoisotopic (exact) mass is 383 g/mol. The van der Waals surface area contributed by atoms with Gasteiger partial charge in [-0.25, -0.2) is 0 Å². The van der Waals surface area contributed by atoms with E-state index in [0.29, 0.717) is 12.6 Å². The van der Waals surface area contributed by atoms with Gasteiger partial charge in [-0.1, -0.05) is 0 Å². The summed E-state index contributed by atoms with van der Waals surface area (Å²) in [4.78, 5) is 15.5. The number of nitrogens with zero attached hydrogens (tertiary/aromatic N) is 1. The van der Waals surface area contributed by atoms with Crippen molar-refractivity contribution in [3.8, 4) is 5.75 Å². The third kappa shape index (κ3) is 3.45. The predicted molar refractivity (Wildman–Crippen MR) is 108 cm³/mol. The first-order valence-corrected chi connectivity index (χ1v) is 11.4. The van der Waals surface area contributed by atoms with Gasteiger partial charge in [-0.3, -0.25) is 4.79 Å². The van der Waals surface area contributed by atoms with E-state index in [-0.39, 0.29) is 12.0 Å². The van der Waals surface area contributed by atoms with Gasteiger partial charge in [0, 0.05) is 24.8 Å². The quantitative estimate of drug-likeness (QED) is 0.724. The fraction of sp³-hybridized carbons (Fsp3) is 0.708. The molecule has 1 amide bonds. The van der Waals surface area contributed by atoms with Crippen LogP contribution in [-0.4, -0.2) is 42.7 Å². The molecule has 1 saturated heterocycles. The molecule has 0 radical (unpaired) electrons. The van der Waals surface area contributed by atoms with Crippen LogP contribution in [0, 0.1) is 23.7 Å². The standard InChI is InChI=1S/C24H33NO3/c1-2-25(23-19-11-16-10-17(13-19)14-20(23)12-16)24(26)18-5-7-21(8-6-18)28-15-22-4-3-9-27-22/h5-8,16-17,19-20,22-23H,2-4,9-15H2,1H3/t16?,17?,19?,20?,22-,23?/m1/s1. The first-order chi connectivity index (χ1) is 13.7. The van der Waals surface area contributed by atoms with Crippen molar-refractivity contribution in [2.24, 2.45) is 23.7 Å². The molecular weight excluding hydrogens is 350 g/mol. The Hall–Kier alpha value is -1.55. The van der Waals surface area contributed by atoms with E-state index in [1.807, 2.05) is 24.3 Å². The van der Waals surface area contributed by atoms with E-state index in [2.05, 4.69) is 11.8 Å². The average Bonchev–Trinajstić information content (AvgIpc) is 3.22. The highest BCUT2D eigenvalue weighted by Crippen LogP contribution is 2.55. The molecule has 0 aromatic heterocycles. The lowest BCUT2D eigenvalue weighted by atomic mass is 9.54. The van der Waals surface area contributed by atoms with Crippen LogP contribution >= 0.6 is 0 Å². The van der Waals surface area contributed by atoms with Crippen molar-refractivity contribution in [3.63, 3.8) is 0 Å². The lowest BCUT2D eigenvalue weighted by Gasteiger charge is -2.57. The number of carbonyl (C=O) groups is 1. The van der Waals surface area contributed by atoms with Gasteiger partial charge in [-0.05, 0) is 99.8 Å². The molecule has 1 aliphatic heterocycles. The maximum Gasteiger partial charge on any atom is 0.254 e. The summed E-state index contributed by atoms with van der Waals surface area (Å²) < 4.78 is 11.5. The van der Waals surface area contributed by atoms with Gasteiger partial charge in [0.25, 0.3) is 5.91 Å². The van der Waals surface area contributed by atoms with E-state index in [0.717, 1.165) is 61.0 Å². The lowest BCUT2D eigenvalue weighted by Crippen LogP contribution is -2.57. The van der Waals surface area contributed by atoms with E-state index in [1.165, 1.54) is 32.1 Å². The third-order valence-corrected chi connectivity index (χ3v) is 7.70. The molecule has 4 bridgehead atoms. The van der Waals surface area contributed by atoms with Crippen molar-refractivity contribution >= 4 is 5.91 Å². The van der Waals surface area contributed by atoms with Crippen LogP contribution in [0.2, 0.25) is 0 Å². The van der Waals surface area contributed by atoms with Crippen LogP contribution < -0.4 is 4.74 Å². The summed E-state index contributed by atoms with van der Waals surface area (Å²) in [7, 11) is 0. The van der Waals surface area contributed by atoms with Gasteiger partial charge in [0.1, 0.15) is 12.4 Å². The zero-order chi connectivity index (χ0) is 19.1. The second-order valence-electron chi connectivity index (χ2n) is 9.48. The zero-order valence-corrected chi connectivity index (χ0v) is 17.0. The summed E-state index contributed by atoms with van der Waals surface area (Å²) in [6.45, 7) is 4.40. The molecule has 4 nitrogen and oxygen atoms in total. The van der Waals surface area contributed by atoms with Gasteiger partial charge in [-0.2, -0.15) is 0 Å². The fourth-order valence-electron chi connectivity index (χ4n) is 6.72. The molecule has 4 saturated carbocycles. The van der Waals surface area contributed by atoms with E-state index in [9.17, 15) is 4.79 Å². The van der Waals surface area contributed by atoms with Crippen molar-refractivity contribution in [3.05, 3.63) is 29.8 Å². The molecule has 1 aromatic rings. The van der Waals surface area contributed by atoms with Crippen LogP contribution in [0.3, 0.4) is 0 Å². The van der Waals surface area contributed by atoms with E-state index in [4.69, 9.17) is 9.47 Å². The smallest absolute Gasteiger partial charge is 0.254 e. The van der Waals surface area contributed by atoms with Crippen molar-refractivity contribution in [2.75, 3.05) is 19.8 Å². The van der Waals surface area contributed by atoms with Crippen LogP contribution in [0.25, 0.3) is 0 Å². The molecule has 4 heteroatoms. The Bertz CT molecular complexity index is 666. The topological polar surface area (TPSA) is 38.8 Å². The molecule has 152 valence electrons. The summed E-state index contributed by atoms with van der Waals surface area (Å²) >= 11 is 0. The highest BCUT2D eigenvalue weighted by atomic mass is 16.5. The summed E-state index contributed by atoms with van der Waals surface area (Å²) in [5.41, 5.74) is 0.792. The molecule has 1 aromatic carbocycles. The summed E-state index contributed by atoms with van der Waals surface area (Å²) in [5.74, 6) is 4.36. The predicted octanol–water partition coefficient (Wildman–Crippen LogP) is 4.53. The van der Waals surface area contributed by atoms with Gasteiger partial charge in [-0.15, -0.1) is 0 Å². The number of rotatable bonds is 6. The Morgan fingerprint density at radius 1 is 1.07 bits per heavy atom. The van der Waals surface area contributed by atoms with Crippen LogP contribution in [0.4, 0.5) is 0 Å². The molecule has 0 spiro atoms. The van der Waals surface area contributed by atoms with Gasteiger partial charge < -0.3 is 14.4 Å². The molecule has 4 aliphatic carbocycles. The van der Waals surface area contributed by atoms with Gasteiger partial charge in [0.2, 0.25) is 0 Å². The number of ether oxygens (including phenoxy) is 2. The summed E-state index contributed by atoms with van der Waals surface area (Å²) in [5, 5.41) is 0. The number of hydrogen-bond donors (Lipinski definition) is 0. The van der Waals surface area contributed by atoms with Crippen LogP contribution in [0.1, 0.15) is 62.2 Å². The van der Waals surface area contributed by atoms with Crippen molar-refractivity contribution in [1.29, 1.82) is 0 Å². The second-order valence-corrected chi connectivity index (χ2v) is 9.48. The molecule has 0 unspecified atom stereocenters. The minimum atomic E-state index is 0.200. The van der Waals surface area contributed by atoms with Crippen molar-refractivity contribution < 1.29 is 14.3 Å². The molecule has 6 rings (SSSR count). The molecule has 1 heterocycles. The Morgan fingerprint density at radius 3 is 2.32 bits per heavy atom. The minimum absolute atomic E-state index is 0.200. The highest BCUT2D eigenvalue weighted by Gasteiger charge is 2.50. The molecule has 0 N–H and O–H groups in total. The Morgan fingerprint density at radius 2 is 1.75 bits per heavy atom. The Labute approximate surface area is 168 Å². The maximum atomic E-state index is 13.3. The normalized spacial score (nSPS) is 35.9. The number of hydrogen-bond acceptors (Lipinski definition) is 3. The number of amides is 1. The number of carbonyl (C=O) groups excluding carboxylic acids is 1. The van der Waals surface area contributed by atoms with Gasteiger partial charge in [0.15, 0.2) is 0 Å². The lowest BCUT2D eigenvalue weighted by molar-refractivity contribution is -0.0543. The Kier molecular flexibility index (Phi) is 5.08. The molecule has 28 heavy (non-hydrogen) atoms. The Balaban J connectivity index is 1.25. The van der Waals surface area contributed by atoms with Gasteiger partial charge >= 0.3 is 0 Å². The van der Waals surface area contributed by atoms with E-state index < -0.39 is 0 Å². The second kappa shape index (κ2) is 7.70. The van der Waals surface area contributed by atoms with Crippen LogP contribution in [0.5, 0.6) is 5.75 Å². The van der Waals surface area contributed by atoms with E-state index >= 15 is 0 Å². The SMILES string of the molecule is CCN(C(=O)c1ccc(OC[C@H]2CCCO2)cc1)C1C2CC3CC(C2)CC1C3. The maximum absolute atomic E-state index is 13.3. The summed E-state index contributed by atoms with van der Waals surface area (Å²) in [6, 6.07) is 8.21. The molecule has 1 atom stereocenters. The highest BCUT2D eigenvalue weighted by molar-refractivity contribution is 5.94. The number of benzene rings is 1. The molecular formula is C24H33NO3.